The lowest BCUT2D eigenvalue weighted by molar-refractivity contribution is 0.262. The van der Waals surface area contributed by atoms with E-state index in [-0.39, 0.29) is 6.03 Å². The molecule has 1 fully saturated rings. The molecular weight excluding hydrogens is 312 g/mol. The number of nitrogens with one attached hydrogen (secondary N) is 2. The third kappa shape index (κ3) is 3.98. The van der Waals surface area contributed by atoms with Crippen LogP contribution in [0.4, 0.5) is 22.0 Å². The van der Waals surface area contributed by atoms with E-state index in [2.05, 4.69) is 32.8 Å². The third-order valence-corrected chi connectivity index (χ3v) is 4.65. The maximum Gasteiger partial charge on any atom is 0.324 e. The first-order valence-electron chi connectivity index (χ1n) is 7.56. The first-order chi connectivity index (χ1) is 11.1. The van der Waals surface area contributed by atoms with Crippen LogP contribution in [0.3, 0.4) is 0 Å². The third-order valence-electron chi connectivity index (χ3n) is 3.70. The zero-order valence-electron chi connectivity index (χ0n) is 13.3. The number of carbonyl (C=O) groups is 1. The van der Waals surface area contributed by atoms with E-state index in [4.69, 9.17) is 4.52 Å². The van der Waals surface area contributed by atoms with Crippen LogP contribution in [0.25, 0.3) is 0 Å². The zero-order valence-corrected chi connectivity index (χ0v) is 14.1. The molecule has 6 nitrogen and oxygen atoms in total. The number of hydrogen-bond donors (Lipinski definition) is 2. The second-order valence-electron chi connectivity index (χ2n) is 5.50. The fourth-order valence-electron chi connectivity index (χ4n) is 2.50. The van der Waals surface area contributed by atoms with Crippen molar-refractivity contribution in [3.05, 3.63) is 35.6 Å². The van der Waals surface area contributed by atoms with Gasteiger partial charge in [-0.05, 0) is 37.6 Å². The first-order valence-corrected chi connectivity index (χ1v) is 8.72. The van der Waals surface area contributed by atoms with Crippen LogP contribution in [0.5, 0.6) is 0 Å². The molecule has 1 aliphatic heterocycles. The molecule has 0 spiro atoms. The van der Waals surface area contributed by atoms with Crippen molar-refractivity contribution in [3.63, 3.8) is 0 Å². The van der Waals surface area contributed by atoms with E-state index in [1.165, 1.54) is 17.2 Å². The summed E-state index contributed by atoms with van der Waals surface area (Å²) in [5, 5.41) is 9.23. The molecule has 7 heteroatoms. The topological polar surface area (TPSA) is 70.4 Å². The number of aromatic nitrogens is 1. The van der Waals surface area contributed by atoms with Gasteiger partial charge in [-0.15, -0.1) is 0 Å². The standard InChI is InChI=1S/C16H20N4O2S/c1-11-9-13(20-5-7-23-8-6-20)3-4-14(11)17-16(21)18-15-10-12(2)22-19-15/h3-4,9-10H,5-8H2,1-2H3,(H2,17,18,19,21). The molecule has 0 radical (unpaired) electrons. The van der Waals surface area contributed by atoms with Crippen LogP contribution < -0.4 is 15.5 Å². The molecule has 1 aliphatic rings. The molecule has 3 rings (SSSR count). The molecular formula is C16H20N4O2S. The molecule has 0 saturated carbocycles. The largest absolute Gasteiger partial charge is 0.370 e. The second kappa shape index (κ2) is 6.95. The van der Waals surface area contributed by atoms with Gasteiger partial charge in [-0.2, -0.15) is 11.8 Å². The molecule has 0 unspecified atom stereocenters. The van der Waals surface area contributed by atoms with Crippen molar-refractivity contribution >= 4 is 35.0 Å². The van der Waals surface area contributed by atoms with Crippen molar-refractivity contribution in [1.82, 2.24) is 5.16 Å². The van der Waals surface area contributed by atoms with Gasteiger partial charge in [-0.3, -0.25) is 5.32 Å². The van der Waals surface area contributed by atoms with E-state index < -0.39 is 0 Å². The zero-order chi connectivity index (χ0) is 16.2. The molecule has 122 valence electrons. The van der Waals surface area contributed by atoms with Crippen molar-refractivity contribution in [2.24, 2.45) is 0 Å². The van der Waals surface area contributed by atoms with Crippen LogP contribution in [-0.4, -0.2) is 35.8 Å². The molecule has 0 bridgehead atoms. The Morgan fingerprint density at radius 2 is 2.00 bits per heavy atom. The quantitative estimate of drug-likeness (QED) is 0.900. The molecule has 2 N–H and O–H groups in total. The molecule has 2 heterocycles. The number of aryl methyl sites for hydroxylation is 2. The summed E-state index contributed by atoms with van der Waals surface area (Å²) >= 11 is 1.99. The van der Waals surface area contributed by atoms with Crippen molar-refractivity contribution in [1.29, 1.82) is 0 Å². The fourth-order valence-corrected chi connectivity index (χ4v) is 3.40. The van der Waals surface area contributed by atoms with Crippen LogP contribution in [0.15, 0.2) is 28.8 Å². The normalized spacial score (nSPS) is 14.6. The smallest absolute Gasteiger partial charge is 0.324 e. The number of carbonyl (C=O) groups excluding carboxylic acids is 1. The van der Waals surface area contributed by atoms with Gasteiger partial charge in [0.25, 0.3) is 0 Å². The Morgan fingerprint density at radius 3 is 2.65 bits per heavy atom. The Bertz CT molecular complexity index is 695. The second-order valence-corrected chi connectivity index (χ2v) is 6.73. The number of hydrogen-bond acceptors (Lipinski definition) is 5. The Hall–Kier alpha value is -2.15. The van der Waals surface area contributed by atoms with E-state index in [1.807, 2.05) is 24.8 Å². The van der Waals surface area contributed by atoms with Crippen LogP contribution >= 0.6 is 11.8 Å². The minimum Gasteiger partial charge on any atom is -0.370 e. The Morgan fingerprint density at radius 1 is 1.22 bits per heavy atom. The number of benzene rings is 1. The lowest BCUT2D eigenvalue weighted by Crippen LogP contribution is -2.32. The Labute approximate surface area is 139 Å². The first kappa shape index (κ1) is 15.7. The summed E-state index contributed by atoms with van der Waals surface area (Å²) in [7, 11) is 0. The van der Waals surface area contributed by atoms with Gasteiger partial charge < -0.3 is 14.7 Å². The van der Waals surface area contributed by atoms with Crippen LogP contribution in [-0.2, 0) is 0 Å². The summed E-state index contributed by atoms with van der Waals surface area (Å²) < 4.78 is 4.92. The van der Waals surface area contributed by atoms with E-state index in [0.717, 1.165) is 24.3 Å². The highest BCUT2D eigenvalue weighted by molar-refractivity contribution is 7.99. The summed E-state index contributed by atoms with van der Waals surface area (Å²) in [6.45, 7) is 5.92. The fraction of sp³-hybridized carbons (Fsp3) is 0.375. The Kier molecular flexibility index (Phi) is 4.76. The highest BCUT2D eigenvalue weighted by Crippen LogP contribution is 2.25. The number of nitrogens with zero attached hydrogens (tertiary/aromatic N) is 2. The molecule has 0 aliphatic carbocycles. The monoisotopic (exact) mass is 332 g/mol. The average Bonchev–Trinajstić information content (AvgIpc) is 2.95. The average molecular weight is 332 g/mol. The molecule has 1 aromatic heterocycles. The summed E-state index contributed by atoms with van der Waals surface area (Å²) in [6.07, 6.45) is 0. The molecule has 0 atom stereocenters. The number of urea groups is 1. The Balaban J connectivity index is 1.64. The minimum atomic E-state index is -0.330. The summed E-state index contributed by atoms with van der Waals surface area (Å²) in [5.74, 6) is 3.39. The van der Waals surface area contributed by atoms with Gasteiger partial charge >= 0.3 is 6.03 Å². The maximum absolute atomic E-state index is 12.0. The van der Waals surface area contributed by atoms with Crippen molar-refractivity contribution in [2.75, 3.05) is 40.1 Å². The molecule has 2 amide bonds. The van der Waals surface area contributed by atoms with Gasteiger partial charge in [0.15, 0.2) is 5.82 Å². The lowest BCUT2D eigenvalue weighted by Gasteiger charge is -2.29. The van der Waals surface area contributed by atoms with Gasteiger partial charge in [0.1, 0.15) is 5.76 Å². The van der Waals surface area contributed by atoms with Gasteiger partial charge in [-0.25, -0.2) is 4.79 Å². The van der Waals surface area contributed by atoms with E-state index in [0.29, 0.717) is 11.6 Å². The van der Waals surface area contributed by atoms with E-state index >= 15 is 0 Å². The van der Waals surface area contributed by atoms with Crippen molar-refractivity contribution in [3.8, 4) is 0 Å². The highest BCUT2D eigenvalue weighted by atomic mass is 32.2. The molecule has 1 saturated heterocycles. The summed E-state index contributed by atoms with van der Waals surface area (Å²) in [6, 6.07) is 7.46. The summed E-state index contributed by atoms with van der Waals surface area (Å²) in [5.41, 5.74) is 3.03. The van der Waals surface area contributed by atoms with Gasteiger partial charge in [0.2, 0.25) is 0 Å². The van der Waals surface area contributed by atoms with Crippen molar-refractivity contribution < 1.29 is 9.32 Å². The predicted molar refractivity (Wildman–Crippen MR) is 94.6 cm³/mol. The van der Waals surface area contributed by atoms with E-state index in [1.54, 1.807) is 13.0 Å². The highest BCUT2D eigenvalue weighted by Gasteiger charge is 2.13. The number of anilines is 3. The summed E-state index contributed by atoms with van der Waals surface area (Å²) in [4.78, 5) is 14.4. The number of thioether (sulfide) groups is 1. The maximum atomic E-state index is 12.0. The predicted octanol–water partition coefficient (Wildman–Crippen LogP) is 3.49. The SMILES string of the molecule is Cc1cc(NC(=O)Nc2ccc(N3CCSCC3)cc2C)no1. The lowest BCUT2D eigenvalue weighted by atomic mass is 10.1. The molecule has 23 heavy (non-hydrogen) atoms. The number of rotatable bonds is 3. The molecule has 2 aromatic rings. The molecule has 1 aromatic carbocycles. The van der Waals surface area contributed by atoms with Gasteiger partial charge in [0.05, 0.1) is 0 Å². The van der Waals surface area contributed by atoms with Crippen LogP contribution in [0.1, 0.15) is 11.3 Å². The minimum absolute atomic E-state index is 0.330. The van der Waals surface area contributed by atoms with Crippen LogP contribution in [0, 0.1) is 13.8 Å². The number of amides is 2. The van der Waals surface area contributed by atoms with Crippen LogP contribution in [0.2, 0.25) is 0 Å². The van der Waals surface area contributed by atoms with Gasteiger partial charge in [-0.1, -0.05) is 5.16 Å². The van der Waals surface area contributed by atoms with Crippen molar-refractivity contribution in [2.45, 2.75) is 13.8 Å². The van der Waals surface area contributed by atoms with E-state index in [9.17, 15) is 4.79 Å². The van der Waals surface area contributed by atoms with Gasteiger partial charge in [0, 0.05) is 42.0 Å².